The Morgan fingerprint density at radius 3 is 2.14 bits per heavy atom. The van der Waals surface area contributed by atoms with Gasteiger partial charge in [-0.2, -0.15) is 0 Å². The molecule has 0 radical (unpaired) electrons. The Morgan fingerprint density at radius 1 is 0.897 bits per heavy atom. The highest BCUT2D eigenvalue weighted by molar-refractivity contribution is 5.76. The van der Waals surface area contributed by atoms with Gasteiger partial charge in [0.05, 0.1) is 12.5 Å². The van der Waals surface area contributed by atoms with Gasteiger partial charge >= 0.3 is 5.97 Å². The third kappa shape index (κ3) is 6.70. The lowest BCUT2D eigenvalue weighted by atomic mass is 9.96. The van der Waals surface area contributed by atoms with Crippen molar-refractivity contribution >= 4 is 5.97 Å². The van der Waals surface area contributed by atoms with Crippen LogP contribution in [0.3, 0.4) is 0 Å². The first kappa shape index (κ1) is 22.1. The van der Waals surface area contributed by atoms with Gasteiger partial charge in [-0.3, -0.25) is 4.79 Å². The second-order valence-electron chi connectivity index (χ2n) is 8.07. The third-order valence-electron chi connectivity index (χ3n) is 3.87. The van der Waals surface area contributed by atoms with E-state index in [0.29, 0.717) is 11.1 Å². The summed E-state index contributed by atoms with van der Waals surface area (Å²) >= 11 is 0. The van der Waals surface area contributed by atoms with Crippen LogP contribution in [0, 0.1) is 34.9 Å². The van der Waals surface area contributed by atoms with Crippen molar-refractivity contribution in [2.24, 2.45) is 5.41 Å². The van der Waals surface area contributed by atoms with E-state index in [-0.39, 0.29) is 5.97 Å². The van der Waals surface area contributed by atoms with E-state index < -0.39 is 16.8 Å². The predicted molar refractivity (Wildman–Crippen MR) is 112 cm³/mol. The molecular weight excluding hydrogens is 367 g/mol. The van der Waals surface area contributed by atoms with Crippen molar-refractivity contribution in [3.63, 3.8) is 0 Å². The normalized spacial score (nSPS) is 10.9. The smallest absolute Gasteiger partial charge is 0.312 e. The van der Waals surface area contributed by atoms with E-state index in [1.807, 2.05) is 24.3 Å². The minimum Gasteiger partial charge on any atom is -0.497 e. The average molecular weight is 392 g/mol. The average Bonchev–Trinajstić information content (AvgIpc) is 2.65. The Kier molecular flexibility index (Phi) is 6.72. The number of rotatable bonds is 2. The van der Waals surface area contributed by atoms with E-state index in [1.165, 1.54) is 12.1 Å². The van der Waals surface area contributed by atoms with Crippen molar-refractivity contribution < 1.29 is 18.7 Å². The third-order valence-corrected chi connectivity index (χ3v) is 3.87. The standard InChI is InChI=1S/C25H25FO3/c1-24(2,3)23(27)29-25(4,5)16-15-19-11-12-21(26)17-20(19)10-7-18-8-13-22(28-6)14-9-18/h8-9,11-14,17H,1-6H3. The summed E-state index contributed by atoms with van der Waals surface area (Å²) in [5, 5.41) is 0. The molecule has 150 valence electrons. The maximum absolute atomic E-state index is 13.7. The molecule has 2 rings (SSSR count). The number of carbonyl (C=O) groups excluding carboxylic acids is 1. The molecule has 0 aliphatic carbocycles. The zero-order valence-electron chi connectivity index (χ0n) is 17.6. The summed E-state index contributed by atoms with van der Waals surface area (Å²) in [6.07, 6.45) is 0. The lowest BCUT2D eigenvalue weighted by Crippen LogP contribution is -2.33. The maximum Gasteiger partial charge on any atom is 0.312 e. The topological polar surface area (TPSA) is 35.5 Å². The molecule has 0 unspecified atom stereocenters. The van der Waals surface area contributed by atoms with Gasteiger partial charge in [0.15, 0.2) is 5.60 Å². The van der Waals surface area contributed by atoms with Crippen LogP contribution in [0.5, 0.6) is 5.75 Å². The molecule has 3 nitrogen and oxygen atoms in total. The summed E-state index contributed by atoms with van der Waals surface area (Å²) in [7, 11) is 1.60. The molecule has 4 heteroatoms. The zero-order chi connectivity index (χ0) is 21.7. The molecule has 0 aromatic heterocycles. The molecule has 0 saturated carbocycles. The van der Waals surface area contributed by atoms with Gasteiger partial charge in [0.2, 0.25) is 0 Å². The van der Waals surface area contributed by atoms with Crippen molar-refractivity contribution in [1.29, 1.82) is 0 Å². The monoisotopic (exact) mass is 392 g/mol. The number of benzene rings is 2. The molecule has 0 aliphatic heterocycles. The van der Waals surface area contributed by atoms with E-state index in [4.69, 9.17) is 9.47 Å². The maximum atomic E-state index is 13.7. The van der Waals surface area contributed by atoms with Crippen LogP contribution in [-0.4, -0.2) is 18.7 Å². The number of hydrogen-bond acceptors (Lipinski definition) is 3. The van der Waals surface area contributed by atoms with Crippen LogP contribution in [0.25, 0.3) is 0 Å². The fourth-order valence-corrected chi connectivity index (χ4v) is 2.17. The molecule has 0 heterocycles. The first-order valence-corrected chi connectivity index (χ1v) is 9.22. The van der Waals surface area contributed by atoms with E-state index in [0.717, 1.165) is 11.3 Å². The van der Waals surface area contributed by atoms with Gasteiger partial charge in [-0.25, -0.2) is 4.39 Å². The minimum atomic E-state index is -0.987. The van der Waals surface area contributed by atoms with Crippen molar-refractivity contribution in [3.05, 3.63) is 65.0 Å². The zero-order valence-corrected chi connectivity index (χ0v) is 17.6. The lowest BCUT2D eigenvalue weighted by Gasteiger charge is -2.24. The fourth-order valence-electron chi connectivity index (χ4n) is 2.17. The lowest BCUT2D eigenvalue weighted by molar-refractivity contribution is -0.161. The number of halogens is 1. The molecule has 0 spiro atoms. The van der Waals surface area contributed by atoms with Crippen LogP contribution in [0.4, 0.5) is 4.39 Å². The van der Waals surface area contributed by atoms with Crippen molar-refractivity contribution in [2.45, 2.75) is 40.2 Å². The van der Waals surface area contributed by atoms with Gasteiger partial charge in [0.25, 0.3) is 0 Å². The summed E-state index contributed by atoms with van der Waals surface area (Å²) in [4.78, 5) is 12.1. The number of esters is 1. The largest absolute Gasteiger partial charge is 0.497 e. The van der Waals surface area contributed by atoms with Crippen LogP contribution in [0.15, 0.2) is 42.5 Å². The van der Waals surface area contributed by atoms with Crippen LogP contribution in [-0.2, 0) is 9.53 Å². The summed E-state index contributed by atoms with van der Waals surface area (Å²) in [6, 6.07) is 11.5. The number of ether oxygens (including phenoxy) is 2. The highest BCUT2D eigenvalue weighted by Gasteiger charge is 2.29. The van der Waals surface area contributed by atoms with Crippen molar-refractivity contribution in [2.75, 3.05) is 7.11 Å². The summed E-state index contributed by atoms with van der Waals surface area (Å²) < 4.78 is 24.4. The molecule has 0 aliphatic rings. The Bertz CT molecular complexity index is 1000. The number of hydrogen-bond donors (Lipinski definition) is 0. The van der Waals surface area contributed by atoms with Crippen molar-refractivity contribution in [3.8, 4) is 29.4 Å². The quantitative estimate of drug-likeness (QED) is 0.536. The van der Waals surface area contributed by atoms with E-state index in [9.17, 15) is 9.18 Å². The van der Waals surface area contributed by atoms with Crippen LogP contribution < -0.4 is 4.74 Å². The molecule has 0 saturated heterocycles. The number of carbonyl (C=O) groups is 1. The summed E-state index contributed by atoms with van der Waals surface area (Å²) in [5.41, 5.74) is 0.190. The molecular formula is C25H25FO3. The van der Waals surface area contributed by atoms with Gasteiger partial charge in [-0.15, -0.1) is 0 Å². The Balaban J connectivity index is 2.31. The Morgan fingerprint density at radius 2 is 1.55 bits per heavy atom. The molecule has 2 aromatic carbocycles. The first-order chi connectivity index (χ1) is 13.5. The fraction of sp³-hybridized carbons (Fsp3) is 0.320. The second-order valence-corrected chi connectivity index (χ2v) is 8.07. The molecule has 29 heavy (non-hydrogen) atoms. The highest BCUT2D eigenvalue weighted by Crippen LogP contribution is 2.20. The van der Waals surface area contributed by atoms with E-state index in [1.54, 1.807) is 47.8 Å². The van der Waals surface area contributed by atoms with Gasteiger partial charge in [0, 0.05) is 16.7 Å². The minimum absolute atomic E-state index is 0.338. The van der Waals surface area contributed by atoms with E-state index in [2.05, 4.69) is 23.7 Å². The van der Waals surface area contributed by atoms with Gasteiger partial charge in [-0.05, 0) is 77.1 Å². The Hall–Kier alpha value is -3.24. The van der Waals surface area contributed by atoms with Crippen molar-refractivity contribution in [1.82, 2.24) is 0 Å². The summed E-state index contributed by atoms with van der Waals surface area (Å²) in [6.45, 7) is 8.79. The number of methoxy groups -OCH3 is 1. The first-order valence-electron chi connectivity index (χ1n) is 9.22. The summed E-state index contributed by atoms with van der Waals surface area (Å²) in [5.74, 6) is 11.9. The van der Waals surface area contributed by atoms with Crippen LogP contribution in [0.1, 0.15) is 51.3 Å². The van der Waals surface area contributed by atoms with E-state index >= 15 is 0 Å². The second kappa shape index (κ2) is 8.84. The molecule has 2 aromatic rings. The van der Waals surface area contributed by atoms with Gasteiger partial charge < -0.3 is 9.47 Å². The SMILES string of the molecule is COc1ccc(C#Cc2cc(F)ccc2C#CC(C)(C)OC(=O)C(C)(C)C)cc1. The van der Waals surface area contributed by atoms with Gasteiger partial charge in [0.1, 0.15) is 11.6 Å². The molecule has 0 N–H and O–H groups in total. The van der Waals surface area contributed by atoms with Crippen LogP contribution >= 0.6 is 0 Å². The van der Waals surface area contributed by atoms with Crippen LogP contribution in [0.2, 0.25) is 0 Å². The Labute approximate surface area is 172 Å². The molecule has 0 bridgehead atoms. The molecule has 0 atom stereocenters. The predicted octanol–water partition coefficient (Wildman–Crippen LogP) is 4.95. The highest BCUT2D eigenvalue weighted by atomic mass is 19.1. The molecule has 0 amide bonds. The van der Waals surface area contributed by atoms with Gasteiger partial charge in [-0.1, -0.05) is 23.7 Å². The molecule has 0 fully saturated rings.